The fourth-order valence-corrected chi connectivity index (χ4v) is 2.59. The molecule has 0 aliphatic carbocycles. The predicted molar refractivity (Wildman–Crippen MR) is 95.9 cm³/mol. The van der Waals surface area contributed by atoms with E-state index in [9.17, 15) is 9.59 Å². The van der Waals surface area contributed by atoms with E-state index in [-0.39, 0.29) is 30.6 Å². The van der Waals surface area contributed by atoms with Crippen molar-refractivity contribution < 1.29 is 19.2 Å². The van der Waals surface area contributed by atoms with E-state index in [1.54, 1.807) is 24.3 Å². The van der Waals surface area contributed by atoms with Crippen molar-refractivity contribution in [3.8, 4) is 0 Å². The van der Waals surface area contributed by atoms with Gasteiger partial charge >= 0.3 is 5.97 Å². The minimum atomic E-state index is -1.03. The van der Waals surface area contributed by atoms with Gasteiger partial charge in [0.2, 0.25) is 11.8 Å². The van der Waals surface area contributed by atoms with Gasteiger partial charge in [0.1, 0.15) is 0 Å². The number of benzene rings is 1. The van der Waals surface area contributed by atoms with Crippen LogP contribution in [0.5, 0.6) is 0 Å². The lowest BCUT2D eigenvalue weighted by atomic mass is 9.96. The molecule has 7 nitrogen and oxygen atoms in total. The molecule has 0 aliphatic heterocycles. The van der Waals surface area contributed by atoms with Crippen molar-refractivity contribution in [2.45, 2.75) is 51.5 Å². The second-order valence-electron chi connectivity index (χ2n) is 7.00. The number of aromatic nitrogens is 2. The lowest BCUT2D eigenvalue weighted by Crippen LogP contribution is -2.30. The second kappa shape index (κ2) is 8.31. The number of amides is 1. The zero-order valence-corrected chi connectivity index (χ0v) is 15.7. The Balaban J connectivity index is 2.00. The van der Waals surface area contributed by atoms with Crippen LogP contribution in [0.25, 0.3) is 0 Å². The smallest absolute Gasteiger partial charge is 0.305 e. The molecular weight excluding hydrogens is 358 g/mol. The van der Waals surface area contributed by atoms with Gasteiger partial charge in [0.15, 0.2) is 5.82 Å². The Hall–Kier alpha value is -2.41. The maximum absolute atomic E-state index is 12.3. The molecule has 1 aromatic carbocycles. The highest BCUT2D eigenvalue weighted by Crippen LogP contribution is 2.25. The number of nitrogens with zero attached hydrogens (tertiary/aromatic N) is 2. The molecule has 2 rings (SSSR count). The number of halogens is 1. The van der Waals surface area contributed by atoms with E-state index in [2.05, 4.69) is 15.5 Å². The van der Waals surface area contributed by atoms with Crippen molar-refractivity contribution >= 4 is 23.5 Å². The molecule has 2 N–H and O–H groups in total. The van der Waals surface area contributed by atoms with Crippen molar-refractivity contribution in [2.24, 2.45) is 0 Å². The monoisotopic (exact) mass is 379 g/mol. The molecule has 0 unspecified atom stereocenters. The summed E-state index contributed by atoms with van der Waals surface area (Å²) >= 11 is 6.13. The van der Waals surface area contributed by atoms with Crippen LogP contribution in [0.3, 0.4) is 0 Å². The molecule has 140 valence electrons. The molecule has 2 aromatic rings. The van der Waals surface area contributed by atoms with E-state index >= 15 is 0 Å². The van der Waals surface area contributed by atoms with Crippen LogP contribution in [0.15, 0.2) is 28.8 Å². The van der Waals surface area contributed by atoms with Crippen molar-refractivity contribution in [3.05, 3.63) is 46.6 Å². The maximum atomic E-state index is 12.3. The summed E-state index contributed by atoms with van der Waals surface area (Å²) in [6.07, 6.45) is 0.119. The summed E-state index contributed by atoms with van der Waals surface area (Å²) in [5.41, 5.74) is 0.332. The van der Waals surface area contributed by atoms with Gasteiger partial charge < -0.3 is 14.9 Å². The molecular formula is C18H22ClN3O4. The molecule has 1 amide bonds. The Morgan fingerprint density at radius 1 is 1.31 bits per heavy atom. The Morgan fingerprint density at radius 3 is 2.58 bits per heavy atom. The van der Waals surface area contributed by atoms with Gasteiger partial charge in [-0.2, -0.15) is 4.98 Å². The summed E-state index contributed by atoms with van der Waals surface area (Å²) in [6.45, 7) is 5.90. The number of nitrogens with one attached hydrogen (secondary N) is 1. The predicted octanol–water partition coefficient (Wildman–Crippen LogP) is 3.29. The molecule has 0 aliphatic rings. The zero-order valence-electron chi connectivity index (χ0n) is 15.0. The Morgan fingerprint density at radius 2 is 2.00 bits per heavy atom. The first-order valence-corrected chi connectivity index (χ1v) is 8.63. The van der Waals surface area contributed by atoms with Gasteiger partial charge in [0, 0.05) is 23.3 Å². The number of rotatable bonds is 7. The highest BCUT2D eigenvalue weighted by molar-refractivity contribution is 6.31. The number of carboxylic acids is 1. The van der Waals surface area contributed by atoms with Gasteiger partial charge in [-0.3, -0.25) is 9.59 Å². The average molecular weight is 380 g/mol. The van der Waals surface area contributed by atoms with Crippen LogP contribution in [0.2, 0.25) is 5.02 Å². The second-order valence-corrected chi connectivity index (χ2v) is 7.41. The Labute approximate surface area is 156 Å². The van der Waals surface area contributed by atoms with Crippen LogP contribution < -0.4 is 5.32 Å². The summed E-state index contributed by atoms with van der Waals surface area (Å²) in [6, 6.07) is 6.14. The highest BCUT2D eigenvalue weighted by atomic mass is 35.5. The number of hydrogen-bond donors (Lipinski definition) is 2. The van der Waals surface area contributed by atoms with Crippen LogP contribution in [-0.4, -0.2) is 27.1 Å². The third-order valence-corrected chi connectivity index (χ3v) is 4.04. The topological polar surface area (TPSA) is 105 Å². The number of aryl methyl sites for hydroxylation is 1. The first-order chi connectivity index (χ1) is 12.2. The summed E-state index contributed by atoms with van der Waals surface area (Å²) in [4.78, 5) is 27.7. The van der Waals surface area contributed by atoms with E-state index in [4.69, 9.17) is 21.2 Å². The maximum Gasteiger partial charge on any atom is 0.305 e. The van der Waals surface area contributed by atoms with Crippen molar-refractivity contribution in [1.82, 2.24) is 15.5 Å². The Bertz CT molecular complexity index is 783. The summed E-state index contributed by atoms with van der Waals surface area (Å²) in [5.74, 6) is -0.390. The molecule has 1 heterocycles. The molecule has 0 bridgehead atoms. The van der Waals surface area contributed by atoms with Gasteiger partial charge in [-0.1, -0.05) is 55.7 Å². The zero-order chi connectivity index (χ0) is 19.3. The molecule has 1 aromatic heterocycles. The molecule has 0 saturated carbocycles. The van der Waals surface area contributed by atoms with Crippen molar-refractivity contribution in [2.75, 3.05) is 0 Å². The minimum absolute atomic E-state index is 0.104. The van der Waals surface area contributed by atoms with Gasteiger partial charge in [0.05, 0.1) is 12.5 Å². The van der Waals surface area contributed by atoms with Crippen LogP contribution in [0.1, 0.15) is 56.9 Å². The first-order valence-electron chi connectivity index (χ1n) is 8.25. The van der Waals surface area contributed by atoms with E-state index in [0.29, 0.717) is 22.3 Å². The lowest BCUT2D eigenvalue weighted by molar-refractivity contribution is -0.137. The quantitative estimate of drug-likeness (QED) is 0.764. The highest BCUT2D eigenvalue weighted by Gasteiger charge is 2.23. The molecule has 26 heavy (non-hydrogen) atoms. The minimum Gasteiger partial charge on any atom is -0.481 e. The van der Waals surface area contributed by atoms with Gasteiger partial charge in [-0.25, -0.2) is 0 Å². The molecule has 0 saturated heterocycles. The number of carboxylic acid groups (broad SMARTS) is 1. The lowest BCUT2D eigenvalue weighted by Gasteiger charge is -2.18. The summed E-state index contributed by atoms with van der Waals surface area (Å²) in [7, 11) is 0. The molecule has 0 spiro atoms. The number of carbonyl (C=O) groups is 2. The molecule has 8 heteroatoms. The normalized spacial score (nSPS) is 12.6. The van der Waals surface area contributed by atoms with Gasteiger partial charge in [-0.15, -0.1) is 0 Å². The third-order valence-electron chi connectivity index (χ3n) is 3.70. The molecule has 0 radical (unpaired) electrons. The van der Waals surface area contributed by atoms with E-state index < -0.39 is 12.0 Å². The van der Waals surface area contributed by atoms with Crippen LogP contribution >= 0.6 is 11.6 Å². The molecule has 0 fully saturated rings. The standard InChI is InChI=1S/C18H22ClN3O4/c1-18(2,3)17-21-15(26-22-17)9-8-14(23)20-13(10-16(24)25)11-6-4-5-7-12(11)19/h4-7,13H,8-10H2,1-3H3,(H,20,23)(H,24,25)/t13-/m0/s1. The van der Waals surface area contributed by atoms with Crippen molar-refractivity contribution in [3.63, 3.8) is 0 Å². The van der Waals surface area contributed by atoms with E-state index in [0.717, 1.165) is 0 Å². The first kappa shape index (κ1) is 19.9. The summed E-state index contributed by atoms with van der Waals surface area (Å²) < 4.78 is 5.16. The van der Waals surface area contributed by atoms with Gasteiger partial charge in [-0.05, 0) is 11.6 Å². The average Bonchev–Trinajstić information content (AvgIpc) is 3.01. The Kier molecular flexibility index (Phi) is 6.37. The van der Waals surface area contributed by atoms with Crippen molar-refractivity contribution in [1.29, 1.82) is 0 Å². The van der Waals surface area contributed by atoms with Crippen LogP contribution in [-0.2, 0) is 21.4 Å². The fourth-order valence-electron chi connectivity index (χ4n) is 2.32. The number of carbonyl (C=O) groups excluding carboxylic acids is 1. The third kappa shape index (κ3) is 5.56. The van der Waals surface area contributed by atoms with E-state index in [1.807, 2.05) is 20.8 Å². The van der Waals surface area contributed by atoms with E-state index in [1.165, 1.54) is 0 Å². The SMILES string of the molecule is CC(C)(C)c1noc(CCC(=O)N[C@@H](CC(=O)O)c2ccccc2Cl)n1. The van der Waals surface area contributed by atoms with Crippen LogP contribution in [0, 0.1) is 0 Å². The number of aliphatic carboxylic acids is 1. The molecule has 1 atom stereocenters. The van der Waals surface area contributed by atoms with Gasteiger partial charge in [0.25, 0.3) is 0 Å². The fraction of sp³-hybridized carbons (Fsp3) is 0.444. The van der Waals surface area contributed by atoms with Crippen LogP contribution in [0.4, 0.5) is 0 Å². The summed E-state index contributed by atoms with van der Waals surface area (Å²) in [5, 5.41) is 16.1. The number of hydrogen-bond acceptors (Lipinski definition) is 5. The largest absolute Gasteiger partial charge is 0.481 e.